The molecule has 0 saturated carbocycles. The SMILES string of the molecule is COc1ccc(C(=O)O)cc1C1=NC(c2ccc(Cl)cc2)C(c2ccc(Cl)cc2)N1.[NaH]. The van der Waals surface area contributed by atoms with Crippen molar-refractivity contribution in [1.82, 2.24) is 5.32 Å². The maximum atomic E-state index is 11.5. The van der Waals surface area contributed by atoms with Crippen molar-refractivity contribution in [3.63, 3.8) is 0 Å². The average molecular weight is 465 g/mol. The van der Waals surface area contributed by atoms with Crippen LogP contribution in [-0.4, -0.2) is 53.6 Å². The normalized spacial score (nSPS) is 17.3. The van der Waals surface area contributed by atoms with E-state index in [1.54, 1.807) is 19.2 Å². The van der Waals surface area contributed by atoms with Crippen LogP contribution in [0.3, 0.4) is 0 Å². The third-order valence-electron chi connectivity index (χ3n) is 5.02. The molecule has 31 heavy (non-hydrogen) atoms. The van der Waals surface area contributed by atoms with Gasteiger partial charge in [-0.1, -0.05) is 47.5 Å². The maximum absolute atomic E-state index is 11.5. The molecule has 1 aliphatic rings. The first-order valence-electron chi connectivity index (χ1n) is 9.23. The molecule has 0 aliphatic carbocycles. The van der Waals surface area contributed by atoms with Crippen LogP contribution in [0.4, 0.5) is 0 Å². The van der Waals surface area contributed by atoms with Gasteiger partial charge < -0.3 is 15.2 Å². The second-order valence-electron chi connectivity index (χ2n) is 6.87. The van der Waals surface area contributed by atoms with E-state index in [9.17, 15) is 9.90 Å². The standard InChI is InChI=1S/C23H18Cl2N2O3.Na.H/c1-30-19-11-6-15(23(28)29)12-18(19)22-26-20(13-2-7-16(24)8-3-13)21(27-22)14-4-9-17(25)10-5-14;;/h2-12,20-21H,1H3,(H,26,27)(H,28,29);;. The molecule has 0 bridgehead atoms. The third-order valence-corrected chi connectivity index (χ3v) is 5.52. The van der Waals surface area contributed by atoms with Crippen LogP contribution in [-0.2, 0) is 0 Å². The molecule has 8 heteroatoms. The Bertz CT molecular complexity index is 1120. The van der Waals surface area contributed by atoms with E-state index in [0.29, 0.717) is 27.2 Å². The van der Waals surface area contributed by atoms with Crippen LogP contribution in [0.15, 0.2) is 71.7 Å². The van der Waals surface area contributed by atoms with Crippen molar-refractivity contribution in [2.24, 2.45) is 4.99 Å². The predicted molar refractivity (Wildman–Crippen MR) is 125 cm³/mol. The van der Waals surface area contributed by atoms with E-state index in [0.717, 1.165) is 11.1 Å². The van der Waals surface area contributed by atoms with Gasteiger partial charge in [0.15, 0.2) is 0 Å². The van der Waals surface area contributed by atoms with Gasteiger partial charge in [-0.3, -0.25) is 4.99 Å². The Morgan fingerprint density at radius 3 is 2.10 bits per heavy atom. The molecule has 0 radical (unpaired) electrons. The van der Waals surface area contributed by atoms with Crippen LogP contribution in [0.25, 0.3) is 0 Å². The summed E-state index contributed by atoms with van der Waals surface area (Å²) in [4.78, 5) is 16.4. The number of aliphatic imine (C=N–C) groups is 1. The fourth-order valence-electron chi connectivity index (χ4n) is 3.51. The molecule has 0 amide bonds. The number of carboxylic acids is 1. The third kappa shape index (κ3) is 5.08. The van der Waals surface area contributed by atoms with Crippen LogP contribution < -0.4 is 10.1 Å². The summed E-state index contributed by atoms with van der Waals surface area (Å²) < 4.78 is 5.46. The number of rotatable bonds is 5. The zero-order valence-corrected chi connectivity index (χ0v) is 17.5. The predicted octanol–water partition coefficient (Wildman–Crippen LogP) is 4.88. The first-order chi connectivity index (χ1) is 14.5. The van der Waals surface area contributed by atoms with Crippen molar-refractivity contribution in [1.29, 1.82) is 0 Å². The summed E-state index contributed by atoms with van der Waals surface area (Å²) in [6.45, 7) is 0. The van der Waals surface area contributed by atoms with Gasteiger partial charge in [-0.15, -0.1) is 0 Å². The van der Waals surface area contributed by atoms with Gasteiger partial charge in [0.1, 0.15) is 17.6 Å². The number of hydrogen-bond donors (Lipinski definition) is 2. The summed E-state index contributed by atoms with van der Waals surface area (Å²) >= 11 is 12.1. The number of carboxylic acid groups (broad SMARTS) is 1. The van der Waals surface area contributed by atoms with Crippen molar-refractivity contribution >= 4 is 64.6 Å². The quantitative estimate of drug-likeness (QED) is 0.527. The summed E-state index contributed by atoms with van der Waals surface area (Å²) in [5, 5.41) is 14.1. The van der Waals surface area contributed by atoms with E-state index in [4.69, 9.17) is 32.9 Å². The van der Waals surface area contributed by atoms with E-state index in [1.807, 2.05) is 48.5 Å². The van der Waals surface area contributed by atoms with Crippen molar-refractivity contribution in [2.45, 2.75) is 12.1 Å². The number of nitrogens with zero attached hydrogens (tertiary/aromatic N) is 1. The Balaban J connectivity index is 0.00000272. The number of benzene rings is 3. The number of ether oxygens (including phenoxy) is 1. The molecule has 5 nitrogen and oxygen atoms in total. The van der Waals surface area contributed by atoms with Crippen LogP contribution in [0.1, 0.15) is 39.1 Å². The number of aromatic carboxylic acids is 1. The fraction of sp³-hybridized carbons (Fsp3) is 0.130. The molecule has 0 aromatic heterocycles. The molecule has 3 aromatic rings. The molecule has 1 aliphatic heterocycles. The Morgan fingerprint density at radius 1 is 0.968 bits per heavy atom. The summed E-state index contributed by atoms with van der Waals surface area (Å²) in [6, 6.07) is 19.4. The van der Waals surface area contributed by atoms with E-state index < -0.39 is 5.97 Å². The Labute approximate surface area is 212 Å². The zero-order chi connectivity index (χ0) is 21.3. The molecular formula is C23H19Cl2N2NaO3. The molecule has 1 heterocycles. The van der Waals surface area contributed by atoms with Crippen LogP contribution in [0, 0.1) is 0 Å². The van der Waals surface area contributed by atoms with Crippen LogP contribution in [0.5, 0.6) is 5.75 Å². The zero-order valence-electron chi connectivity index (χ0n) is 16.0. The van der Waals surface area contributed by atoms with Gasteiger partial charge in [-0.05, 0) is 53.6 Å². The number of hydrogen-bond acceptors (Lipinski definition) is 4. The minimum absolute atomic E-state index is 0. The van der Waals surface area contributed by atoms with Crippen LogP contribution in [0.2, 0.25) is 10.0 Å². The van der Waals surface area contributed by atoms with Crippen molar-refractivity contribution < 1.29 is 14.6 Å². The molecule has 2 N–H and O–H groups in total. The monoisotopic (exact) mass is 464 g/mol. The van der Waals surface area contributed by atoms with Gasteiger partial charge in [-0.2, -0.15) is 0 Å². The fourth-order valence-corrected chi connectivity index (χ4v) is 3.77. The molecule has 4 rings (SSSR count). The van der Waals surface area contributed by atoms with Gasteiger partial charge >= 0.3 is 35.5 Å². The molecular weight excluding hydrogens is 446 g/mol. The average Bonchev–Trinajstić information content (AvgIpc) is 3.19. The van der Waals surface area contributed by atoms with Crippen molar-refractivity contribution in [3.05, 3.63) is 99.0 Å². The van der Waals surface area contributed by atoms with Gasteiger partial charge in [0, 0.05) is 10.0 Å². The second-order valence-corrected chi connectivity index (χ2v) is 7.74. The number of carbonyl (C=O) groups is 1. The first kappa shape index (κ1) is 23.6. The molecule has 0 fully saturated rings. The van der Waals surface area contributed by atoms with Gasteiger partial charge in [0.05, 0.1) is 24.3 Å². The Hall–Kier alpha value is -2.02. The number of halogens is 2. The Kier molecular flexibility index (Phi) is 7.68. The first-order valence-corrected chi connectivity index (χ1v) is 9.99. The van der Waals surface area contributed by atoms with E-state index in [-0.39, 0.29) is 47.2 Å². The molecule has 2 atom stereocenters. The van der Waals surface area contributed by atoms with Crippen LogP contribution >= 0.6 is 23.2 Å². The summed E-state index contributed by atoms with van der Waals surface area (Å²) in [5.74, 6) is 0.0914. The Morgan fingerprint density at radius 2 is 1.55 bits per heavy atom. The molecule has 0 saturated heterocycles. The van der Waals surface area contributed by atoms with Gasteiger partial charge in [-0.25, -0.2) is 4.79 Å². The van der Waals surface area contributed by atoms with E-state index >= 15 is 0 Å². The number of nitrogens with one attached hydrogen (secondary N) is 1. The van der Waals surface area contributed by atoms with Crippen molar-refractivity contribution in [3.8, 4) is 5.75 Å². The molecule has 3 aromatic carbocycles. The topological polar surface area (TPSA) is 70.9 Å². The van der Waals surface area contributed by atoms with E-state index in [1.165, 1.54) is 6.07 Å². The summed E-state index contributed by atoms with van der Waals surface area (Å²) in [6.07, 6.45) is 0. The summed E-state index contributed by atoms with van der Waals surface area (Å²) in [7, 11) is 1.54. The second kappa shape index (κ2) is 10.1. The minimum atomic E-state index is -1.01. The van der Waals surface area contributed by atoms with Gasteiger partial charge in [0.25, 0.3) is 0 Å². The number of amidine groups is 1. The van der Waals surface area contributed by atoms with Gasteiger partial charge in [0.2, 0.25) is 0 Å². The summed E-state index contributed by atoms with van der Waals surface area (Å²) in [5.41, 5.74) is 2.74. The molecule has 0 spiro atoms. The van der Waals surface area contributed by atoms with Crippen molar-refractivity contribution in [2.75, 3.05) is 7.11 Å². The molecule has 154 valence electrons. The van der Waals surface area contributed by atoms with E-state index in [2.05, 4.69) is 5.32 Å². The number of methoxy groups -OCH3 is 1. The molecule has 2 unspecified atom stereocenters.